The number of carbonyl (C=O) groups excluding carboxylic acids is 1. The highest BCUT2D eigenvalue weighted by molar-refractivity contribution is 7.15. The van der Waals surface area contributed by atoms with Crippen molar-refractivity contribution in [1.29, 1.82) is 0 Å². The lowest BCUT2D eigenvalue weighted by Crippen LogP contribution is -2.14. The molecule has 0 aromatic carbocycles. The lowest BCUT2D eigenvalue weighted by molar-refractivity contribution is -0.118. The van der Waals surface area contributed by atoms with Crippen molar-refractivity contribution in [3.05, 3.63) is 34.6 Å². The molecule has 0 saturated carbocycles. The van der Waals surface area contributed by atoms with Gasteiger partial charge in [-0.15, -0.1) is 11.3 Å². The van der Waals surface area contributed by atoms with Gasteiger partial charge in [0.25, 0.3) is 0 Å². The van der Waals surface area contributed by atoms with Crippen molar-refractivity contribution in [2.24, 2.45) is 0 Å². The van der Waals surface area contributed by atoms with E-state index >= 15 is 0 Å². The maximum absolute atomic E-state index is 12.5. The Balaban J connectivity index is 1.63. The molecule has 4 rings (SSSR count). The van der Waals surface area contributed by atoms with Crippen LogP contribution in [0.15, 0.2) is 18.3 Å². The first-order valence-electron chi connectivity index (χ1n) is 11.8. The maximum Gasteiger partial charge on any atom is 0.139 e. The second kappa shape index (κ2) is 10.1. The lowest BCUT2D eigenvalue weighted by atomic mass is 9.95. The number of fused-ring (bicyclic) bond motifs is 3. The number of rotatable bonds is 10. The Labute approximate surface area is 200 Å². The van der Waals surface area contributed by atoms with E-state index in [9.17, 15) is 4.79 Å². The van der Waals surface area contributed by atoms with Gasteiger partial charge in [-0.05, 0) is 72.8 Å². The van der Waals surface area contributed by atoms with Gasteiger partial charge in [0.1, 0.15) is 16.6 Å². The molecular weight excluding hydrogens is 432 g/mol. The Morgan fingerprint density at radius 1 is 1.27 bits per heavy atom. The molecule has 0 saturated heterocycles. The van der Waals surface area contributed by atoms with Crippen LogP contribution in [0.25, 0.3) is 21.8 Å². The van der Waals surface area contributed by atoms with E-state index in [1.807, 2.05) is 26.4 Å². The number of pyridine rings is 1. The molecule has 0 amide bonds. The quantitative estimate of drug-likeness (QED) is 0.469. The molecule has 7 nitrogen and oxygen atoms in total. The van der Waals surface area contributed by atoms with E-state index in [4.69, 9.17) is 10.1 Å². The minimum Gasteiger partial charge on any atom is -0.370 e. The van der Waals surface area contributed by atoms with E-state index < -0.39 is 0 Å². The third-order valence-corrected chi connectivity index (χ3v) is 6.97. The fourth-order valence-corrected chi connectivity index (χ4v) is 5.50. The standard InChI is InChI=1S/C25H34N6OS/c1-6-26-21-12-9-17(15-27-21)23-19-10-11-20-25(24(19)31(29-23)16(2)3)33-22(28-20)14-18(32)8-7-13-30(4)5/h9,12,15-16H,6-8,10-11,13-14H2,1-5H3,(H,26,27). The number of aromatic nitrogens is 4. The average molecular weight is 467 g/mol. The largest absolute Gasteiger partial charge is 0.370 e. The van der Waals surface area contributed by atoms with Crippen LogP contribution >= 0.6 is 11.3 Å². The number of hydrogen-bond donors (Lipinski definition) is 1. The Bertz CT molecular complexity index is 1110. The summed E-state index contributed by atoms with van der Waals surface area (Å²) in [6, 6.07) is 4.34. The molecular formula is C25H34N6OS. The zero-order valence-electron chi connectivity index (χ0n) is 20.3. The maximum atomic E-state index is 12.5. The average Bonchev–Trinajstić information content (AvgIpc) is 3.35. The van der Waals surface area contributed by atoms with Crippen molar-refractivity contribution < 1.29 is 4.79 Å². The summed E-state index contributed by atoms with van der Waals surface area (Å²) in [7, 11) is 4.07. The fraction of sp³-hybridized carbons (Fsp3) is 0.520. The lowest BCUT2D eigenvalue weighted by Gasteiger charge is -2.16. The van der Waals surface area contributed by atoms with Crippen LogP contribution in [0.3, 0.4) is 0 Å². The van der Waals surface area contributed by atoms with Crippen LogP contribution in [0, 0.1) is 0 Å². The van der Waals surface area contributed by atoms with Gasteiger partial charge in [-0.25, -0.2) is 9.97 Å². The Kier molecular flexibility index (Phi) is 7.24. The van der Waals surface area contributed by atoms with Gasteiger partial charge in [-0.1, -0.05) is 0 Å². The van der Waals surface area contributed by atoms with Crippen LogP contribution in [-0.4, -0.2) is 57.6 Å². The Morgan fingerprint density at radius 3 is 2.76 bits per heavy atom. The first-order valence-corrected chi connectivity index (χ1v) is 12.7. The van der Waals surface area contributed by atoms with Gasteiger partial charge in [-0.2, -0.15) is 5.10 Å². The van der Waals surface area contributed by atoms with Gasteiger partial charge in [0.2, 0.25) is 0 Å². The summed E-state index contributed by atoms with van der Waals surface area (Å²) in [5.41, 5.74) is 5.59. The normalized spacial score (nSPS) is 12.8. The number of nitrogens with zero attached hydrogens (tertiary/aromatic N) is 5. The molecule has 0 radical (unpaired) electrons. The zero-order valence-corrected chi connectivity index (χ0v) is 21.1. The van der Waals surface area contributed by atoms with Crippen molar-refractivity contribution in [2.45, 2.75) is 58.9 Å². The van der Waals surface area contributed by atoms with E-state index in [0.29, 0.717) is 12.8 Å². The predicted octanol–water partition coefficient (Wildman–Crippen LogP) is 4.63. The molecule has 0 bridgehead atoms. The first kappa shape index (κ1) is 23.6. The first-order chi connectivity index (χ1) is 15.9. The minimum absolute atomic E-state index is 0.227. The SMILES string of the molecule is CCNc1ccc(-c2nn(C(C)C)c3c2CCc2nc(CC(=O)CCCN(C)C)sc2-3)cn1. The molecule has 3 heterocycles. The highest BCUT2D eigenvalue weighted by atomic mass is 32.1. The molecule has 8 heteroatoms. The molecule has 0 spiro atoms. The van der Waals surface area contributed by atoms with Crippen molar-refractivity contribution >= 4 is 22.9 Å². The highest BCUT2D eigenvalue weighted by Crippen LogP contribution is 2.43. The molecule has 1 aliphatic rings. The van der Waals surface area contributed by atoms with Gasteiger partial charge in [-0.3, -0.25) is 9.48 Å². The molecule has 1 N–H and O–H groups in total. The summed E-state index contributed by atoms with van der Waals surface area (Å²) in [6.45, 7) is 8.17. The van der Waals surface area contributed by atoms with Crippen molar-refractivity contribution in [3.8, 4) is 21.8 Å². The van der Waals surface area contributed by atoms with Gasteiger partial charge in [0.15, 0.2) is 0 Å². The summed E-state index contributed by atoms with van der Waals surface area (Å²) in [6.07, 6.45) is 5.62. The third kappa shape index (κ3) is 5.17. The van der Waals surface area contributed by atoms with E-state index in [0.717, 1.165) is 60.1 Å². The van der Waals surface area contributed by atoms with Crippen LogP contribution in [0.1, 0.15) is 55.9 Å². The number of aryl methyl sites for hydroxylation is 1. The third-order valence-electron chi connectivity index (χ3n) is 5.87. The second-order valence-electron chi connectivity index (χ2n) is 9.18. The molecule has 0 fully saturated rings. The van der Waals surface area contributed by atoms with Crippen molar-refractivity contribution in [3.63, 3.8) is 0 Å². The number of nitrogens with one attached hydrogen (secondary N) is 1. The summed E-state index contributed by atoms with van der Waals surface area (Å²) < 4.78 is 2.13. The number of hydrogen-bond acceptors (Lipinski definition) is 7. The monoisotopic (exact) mass is 466 g/mol. The number of ketones is 1. The van der Waals surface area contributed by atoms with Crippen molar-refractivity contribution in [2.75, 3.05) is 32.5 Å². The number of thiazole rings is 1. The van der Waals surface area contributed by atoms with E-state index in [1.54, 1.807) is 11.3 Å². The van der Waals surface area contributed by atoms with E-state index in [-0.39, 0.29) is 11.8 Å². The highest BCUT2D eigenvalue weighted by Gasteiger charge is 2.30. The Morgan fingerprint density at radius 2 is 2.09 bits per heavy atom. The van der Waals surface area contributed by atoms with Gasteiger partial charge in [0, 0.05) is 36.3 Å². The number of anilines is 1. The topological polar surface area (TPSA) is 75.9 Å². The minimum atomic E-state index is 0.227. The smallest absolute Gasteiger partial charge is 0.139 e. The molecule has 0 atom stereocenters. The molecule has 3 aromatic heterocycles. The molecule has 1 aliphatic carbocycles. The van der Waals surface area contributed by atoms with Crippen LogP contribution in [-0.2, 0) is 24.1 Å². The van der Waals surface area contributed by atoms with Crippen LogP contribution in [0.2, 0.25) is 0 Å². The van der Waals surface area contributed by atoms with Crippen LogP contribution in [0.5, 0.6) is 0 Å². The molecule has 176 valence electrons. The summed E-state index contributed by atoms with van der Waals surface area (Å²) >= 11 is 1.67. The molecule has 3 aromatic rings. The van der Waals surface area contributed by atoms with Gasteiger partial charge >= 0.3 is 0 Å². The Hall–Kier alpha value is -2.58. The summed E-state index contributed by atoms with van der Waals surface area (Å²) in [4.78, 5) is 25.2. The summed E-state index contributed by atoms with van der Waals surface area (Å²) in [5.74, 6) is 1.15. The van der Waals surface area contributed by atoms with E-state index in [1.165, 1.54) is 16.1 Å². The van der Waals surface area contributed by atoms with E-state index in [2.05, 4.69) is 46.7 Å². The van der Waals surface area contributed by atoms with Crippen LogP contribution in [0.4, 0.5) is 5.82 Å². The zero-order chi connectivity index (χ0) is 23.5. The second-order valence-corrected chi connectivity index (χ2v) is 10.3. The number of carbonyl (C=O) groups is 1. The summed E-state index contributed by atoms with van der Waals surface area (Å²) in [5, 5.41) is 9.20. The predicted molar refractivity (Wildman–Crippen MR) is 135 cm³/mol. The van der Waals surface area contributed by atoms with Gasteiger partial charge < -0.3 is 10.2 Å². The molecule has 33 heavy (non-hydrogen) atoms. The van der Waals surface area contributed by atoms with Crippen LogP contribution < -0.4 is 5.32 Å². The van der Waals surface area contributed by atoms with Gasteiger partial charge in [0.05, 0.1) is 28.4 Å². The molecule has 0 aliphatic heterocycles. The number of Topliss-reactive ketones (excluding diaryl/α,β-unsaturated/α-hetero) is 1. The van der Waals surface area contributed by atoms with Crippen molar-refractivity contribution in [1.82, 2.24) is 24.6 Å². The fourth-order valence-electron chi connectivity index (χ4n) is 4.30. The molecule has 0 unspecified atom stereocenters.